The molecule has 2 rings (SSSR count). The Morgan fingerprint density at radius 2 is 2.16 bits per heavy atom. The molecule has 0 aliphatic carbocycles. The van der Waals surface area contributed by atoms with Crippen molar-refractivity contribution in [3.63, 3.8) is 0 Å². The molecule has 0 unspecified atom stereocenters. The van der Waals surface area contributed by atoms with E-state index < -0.39 is 0 Å². The van der Waals surface area contributed by atoms with Gasteiger partial charge in [0.25, 0.3) is 0 Å². The van der Waals surface area contributed by atoms with E-state index in [2.05, 4.69) is 29.0 Å². The highest BCUT2D eigenvalue weighted by Crippen LogP contribution is 2.17. The normalized spacial score (nSPS) is 10.3. The molecule has 1 heterocycles. The van der Waals surface area contributed by atoms with Crippen molar-refractivity contribution in [1.82, 2.24) is 15.0 Å². The van der Waals surface area contributed by atoms with Crippen molar-refractivity contribution in [2.45, 2.75) is 12.3 Å². The van der Waals surface area contributed by atoms with Gasteiger partial charge >= 0.3 is 0 Å². The van der Waals surface area contributed by atoms with Gasteiger partial charge in [0.15, 0.2) is 0 Å². The number of nitrogens with zero attached hydrogens (tertiary/aromatic N) is 3. The van der Waals surface area contributed by atoms with Gasteiger partial charge in [0, 0.05) is 17.7 Å². The Morgan fingerprint density at radius 1 is 1.32 bits per heavy atom. The summed E-state index contributed by atoms with van der Waals surface area (Å²) in [6, 6.07) is 8.19. The summed E-state index contributed by atoms with van der Waals surface area (Å²) in [7, 11) is 0. The van der Waals surface area contributed by atoms with Crippen LogP contribution in [0.15, 0.2) is 49.3 Å². The van der Waals surface area contributed by atoms with Crippen LogP contribution in [0.3, 0.4) is 0 Å². The summed E-state index contributed by atoms with van der Waals surface area (Å²) < 4.78 is 7.29. The average Bonchev–Trinajstić information content (AvgIpc) is 2.96. The molecule has 0 atom stereocenters. The minimum absolute atomic E-state index is 0.548. The minimum atomic E-state index is 0.548. The molecule has 1 aromatic carbocycles. The van der Waals surface area contributed by atoms with Gasteiger partial charge in [-0.25, -0.2) is 0 Å². The van der Waals surface area contributed by atoms with Gasteiger partial charge in [-0.05, 0) is 17.7 Å². The zero-order valence-electron chi connectivity index (χ0n) is 10.7. The lowest BCUT2D eigenvalue weighted by molar-refractivity contribution is 0.363. The van der Waals surface area contributed by atoms with Crippen LogP contribution in [0, 0.1) is 0 Å². The highest BCUT2D eigenvalue weighted by Gasteiger charge is 1.97. The monoisotopic (exact) mass is 275 g/mol. The molecular weight excluding hydrogens is 258 g/mol. The Morgan fingerprint density at radius 3 is 2.84 bits per heavy atom. The maximum absolute atomic E-state index is 5.44. The third-order valence-corrected chi connectivity index (χ3v) is 3.51. The van der Waals surface area contributed by atoms with Gasteiger partial charge in [-0.1, -0.05) is 30.0 Å². The SMILES string of the molecule is C=CCOc1ccc(CSCCn2ccnn2)cc1. The highest BCUT2D eigenvalue weighted by molar-refractivity contribution is 7.98. The van der Waals surface area contributed by atoms with Crippen LogP contribution in [0.1, 0.15) is 5.56 Å². The molecule has 0 saturated heterocycles. The lowest BCUT2D eigenvalue weighted by Gasteiger charge is -2.05. The van der Waals surface area contributed by atoms with Gasteiger partial charge in [0.1, 0.15) is 12.4 Å². The van der Waals surface area contributed by atoms with Crippen LogP contribution >= 0.6 is 11.8 Å². The first-order valence-corrected chi connectivity index (χ1v) is 7.28. The van der Waals surface area contributed by atoms with E-state index in [0.29, 0.717) is 6.61 Å². The van der Waals surface area contributed by atoms with E-state index in [0.717, 1.165) is 23.8 Å². The zero-order valence-corrected chi connectivity index (χ0v) is 11.6. The second-order valence-electron chi connectivity index (χ2n) is 3.96. The van der Waals surface area contributed by atoms with E-state index in [9.17, 15) is 0 Å². The Kier molecular flexibility index (Phi) is 5.49. The lowest BCUT2D eigenvalue weighted by atomic mass is 10.2. The molecule has 0 N–H and O–H groups in total. The van der Waals surface area contributed by atoms with E-state index in [4.69, 9.17) is 4.74 Å². The summed E-state index contributed by atoms with van der Waals surface area (Å²) in [5.74, 6) is 2.91. The molecule has 0 amide bonds. The fourth-order valence-electron chi connectivity index (χ4n) is 1.54. The van der Waals surface area contributed by atoms with Crippen molar-refractivity contribution in [3.8, 4) is 5.75 Å². The summed E-state index contributed by atoms with van der Waals surface area (Å²) in [5, 5.41) is 7.71. The number of hydrogen-bond acceptors (Lipinski definition) is 4. The van der Waals surface area contributed by atoms with Crippen molar-refractivity contribution >= 4 is 11.8 Å². The zero-order chi connectivity index (χ0) is 13.3. The van der Waals surface area contributed by atoms with Crippen LogP contribution in [0.2, 0.25) is 0 Å². The molecule has 2 aromatic rings. The van der Waals surface area contributed by atoms with Crippen LogP contribution in [0.5, 0.6) is 5.75 Å². The van der Waals surface area contributed by atoms with Crippen molar-refractivity contribution < 1.29 is 4.74 Å². The van der Waals surface area contributed by atoms with Crippen LogP contribution in [-0.4, -0.2) is 27.4 Å². The first kappa shape index (κ1) is 13.7. The van der Waals surface area contributed by atoms with Gasteiger partial charge in [-0.3, -0.25) is 4.68 Å². The standard InChI is InChI=1S/C14H17N3OS/c1-2-10-18-14-5-3-13(4-6-14)12-19-11-9-17-8-7-15-16-17/h2-8H,1,9-12H2. The predicted molar refractivity (Wildman–Crippen MR) is 78.3 cm³/mol. The van der Waals surface area contributed by atoms with Gasteiger partial charge in [0.2, 0.25) is 0 Å². The van der Waals surface area contributed by atoms with E-state index in [1.54, 1.807) is 12.3 Å². The summed E-state index contributed by atoms with van der Waals surface area (Å²) in [4.78, 5) is 0. The number of aromatic nitrogens is 3. The molecule has 4 nitrogen and oxygen atoms in total. The molecule has 0 bridgehead atoms. The van der Waals surface area contributed by atoms with Crippen molar-refractivity contribution in [2.24, 2.45) is 0 Å². The molecule has 1 aromatic heterocycles. The first-order chi connectivity index (χ1) is 9.38. The van der Waals surface area contributed by atoms with Gasteiger partial charge < -0.3 is 4.74 Å². The quantitative estimate of drug-likeness (QED) is 0.548. The summed E-state index contributed by atoms with van der Waals surface area (Å²) in [5.41, 5.74) is 1.30. The number of ether oxygens (including phenoxy) is 1. The highest BCUT2D eigenvalue weighted by atomic mass is 32.2. The van der Waals surface area contributed by atoms with E-state index in [1.807, 2.05) is 34.8 Å². The fraction of sp³-hybridized carbons (Fsp3) is 0.286. The molecule has 0 saturated carbocycles. The lowest BCUT2D eigenvalue weighted by Crippen LogP contribution is -2.01. The number of aryl methyl sites for hydroxylation is 1. The maximum atomic E-state index is 5.44. The molecule has 0 fully saturated rings. The number of thioether (sulfide) groups is 1. The fourth-order valence-corrected chi connectivity index (χ4v) is 2.43. The molecule has 19 heavy (non-hydrogen) atoms. The first-order valence-electron chi connectivity index (χ1n) is 6.13. The summed E-state index contributed by atoms with van der Waals surface area (Å²) in [6.45, 7) is 5.07. The number of benzene rings is 1. The second-order valence-corrected chi connectivity index (χ2v) is 5.07. The largest absolute Gasteiger partial charge is 0.490 e. The topological polar surface area (TPSA) is 39.9 Å². The van der Waals surface area contributed by atoms with Crippen molar-refractivity contribution in [1.29, 1.82) is 0 Å². The van der Waals surface area contributed by atoms with Crippen LogP contribution in [0.25, 0.3) is 0 Å². The van der Waals surface area contributed by atoms with Gasteiger partial charge in [0.05, 0.1) is 12.7 Å². The van der Waals surface area contributed by atoms with Crippen molar-refractivity contribution in [2.75, 3.05) is 12.4 Å². The molecular formula is C14H17N3OS. The summed E-state index contributed by atoms with van der Waals surface area (Å²) in [6.07, 6.45) is 5.33. The van der Waals surface area contributed by atoms with Crippen LogP contribution in [0.4, 0.5) is 0 Å². The molecule has 0 aliphatic heterocycles. The Hall–Kier alpha value is -1.75. The second kappa shape index (κ2) is 7.63. The average molecular weight is 275 g/mol. The third kappa shape index (κ3) is 4.79. The molecule has 100 valence electrons. The van der Waals surface area contributed by atoms with E-state index >= 15 is 0 Å². The smallest absolute Gasteiger partial charge is 0.119 e. The summed E-state index contributed by atoms with van der Waals surface area (Å²) >= 11 is 1.88. The van der Waals surface area contributed by atoms with Crippen LogP contribution < -0.4 is 4.74 Å². The van der Waals surface area contributed by atoms with E-state index in [-0.39, 0.29) is 0 Å². The van der Waals surface area contributed by atoms with Crippen molar-refractivity contribution in [3.05, 3.63) is 54.9 Å². The maximum Gasteiger partial charge on any atom is 0.119 e. The molecule has 0 radical (unpaired) electrons. The number of hydrogen-bond donors (Lipinski definition) is 0. The Labute approximate surface area is 117 Å². The molecule has 0 spiro atoms. The minimum Gasteiger partial charge on any atom is -0.490 e. The third-order valence-electron chi connectivity index (χ3n) is 2.50. The Balaban J connectivity index is 1.69. The predicted octanol–water partition coefficient (Wildman–Crippen LogP) is 2.78. The van der Waals surface area contributed by atoms with E-state index in [1.165, 1.54) is 5.56 Å². The Bertz CT molecular complexity index is 482. The van der Waals surface area contributed by atoms with Gasteiger partial charge in [-0.2, -0.15) is 11.8 Å². The number of rotatable bonds is 8. The van der Waals surface area contributed by atoms with Gasteiger partial charge in [-0.15, -0.1) is 5.10 Å². The molecule has 5 heteroatoms. The van der Waals surface area contributed by atoms with Crippen LogP contribution in [-0.2, 0) is 12.3 Å². The molecule has 0 aliphatic rings.